The Morgan fingerprint density at radius 3 is 2.27 bits per heavy atom. The van der Waals surface area contributed by atoms with Gasteiger partial charge in [0.15, 0.2) is 0 Å². The molecule has 1 aliphatic heterocycles. The molecule has 1 fully saturated rings. The molecule has 0 radical (unpaired) electrons. The second-order valence-electron chi connectivity index (χ2n) is 4.81. The van der Waals surface area contributed by atoms with Crippen molar-refractivity contribution in [1.82, 2.24) is 4.90 Å². The zero-order valence-electron chi connectivity index (χ0n) is 12.1. The summed E-state index contributed by atoms with van der Waals surface area (Å²) in [5.41, 5.74) is 0.908. The minimum atomic E-state index is -0.455. The molecule has 22 heavy (non-hydrogen) atoms. The number of amides is 3. The topological polar surface area (TPSA) is 92.8 Å². The number of methoxy groups -OCH3 is 1. The Kier molecular flexibility index (Phi) is 4.88. The van der Waals surface area contributed by atoms with Crippen LogP contribution in [0.3, 0.4) is 0 Å². The van der Waals surface area contributed by atoms with Gasteiger partial charge in [-0.1, -0.05) is 0 Å². The van der Waals surface area contributed by atoms with Crippen LogP contribution in [0, 0.1) is 0 Å². The number of ether oxygens (including phenoxy) is 1. The summed E-state index contributed by atoms with van der Waals surface area (Å²) in [5, 5.41) is 2.64. The van der Waals surface area contributed by atoms with Gasteiger partial charge in [-0.3, -0.25) is 19.3 Å². The molecule has 0 unspecified atom stereocenters. The number of nitrogens with one attached hydrogen (secondary N) is 1. The highest BCUT2D eigenvalue weighted by atomic mass is 16.5. The van der Waals surface area contributed by atoms with Gasteiger partial charge >= 0.3 is 5.97 Å². The summed E-state index contributed by atoms with van der Waals surface area (Å²) in [6.45, 7) is 0.0870. The first kappa shape index (κ1) is 15.7. The van der Waals surface area contributed by atoms with E-state index in [1.54, 1.807) is 12.1 Å². The number of hydrogen-bond donors (Lipinski definition) is 1. The van der Waals surface area contributed by atoms with Gasteiger partial charge in [0.05, 0.1) is 12.7 Å². The van der Waals surface area contributed by atoms with Crippen molar-refractivity contribution in [3.63, 3.8) is 0 Å². The zero-order valence-corrected chi connectivity index (χ0v) is 12.1. The Labute approximate surface area is 127 Å². The summed E-state index contributed by atoms with van der Waals surface area (Å²) in [5.74, 6) is -1.23. The van der Waals surface area contributed by atoms with Crippen LogP contribution in [0.25, 0.3) is 0 Å². The van der Waals surface area contributed by atoms with Gasteiger partial charge in [0, 0.05) is 31.5 Å². The summed E-state index contributed by atoms with van der Waals surface area (Å²) >= 11 is 0. The number of likely N-dealkylation sites (tertiary alicyclic amines) is 1. The van der Waals surface area contributed by atoms with E-state index in [1.807, 2.05) is 0 Å². The van der Waals surface area contributed by atoms with Crippen molar-refractivity contribution in [2.45, 2.75) is 19.3 Å². The number of imide groups is 1. The molecular formula is C15H16N2O5. The molecule has 1 aliphatic rings. The first-order chi connectivity index (χ1) is 10.5. The first-order valence-electron chi connectivity index (χ1n) is 6.82. The van der Waals surface area contributed by atoms with Gasteiger partial charge in [-0.15, -0.1) is 0 Å². The molecule has 2 rings (SSSR count). The lowest BCUT2D eigenvalue weighted by Crippen LogP contribution is -2.32. The van der Waals surface area contributed by atoms with Gasteiger partial charge in [0.25, 0.3) is 0 Å². The van der Waals surface area contributed by atoms with Crippen molar-refractivity contribution in [3.8, 4) is 0 Å². The van der Waals surface area contributed by atoms with Crippen LogP contribution in [-0.2, 0) is 19.1 Å². The Balaban J connectivity index is 1.85. The normalized spacial score (nSPS) is 14.1. The van der Waals surface area contributed by atoms with Gasteiger partial charge in [0.1, 0.15) is 0 Å². The molecule has 0 aromatic heterocycles. The van der Waals surface area contributed by atoms with E-state index in [1.165, 1.54) is 19.2 Å². The average molecular weight is 304 g/mol. The maximum Gasteiger partial charge on any atom is 0.337 e. The number of benzene rings is 1. The predicted octanol–water partition coefficient (Wildman–Crippen LogP) is 0.951. The molecule has 0 bridgehead atoms. The lowest BCUT2D eigenvalue weighted by Gasteiger charge is -2.13. The number of carbonyl (C=O) groups is 4. The van der Waals surface area contributed by atoms with Crippen molar-refractivity contribution >= 4 is 29.4 Å². The fraction of sp³-hybridized carbons (Fsp3) is 0.333. The fourth-order valence-electron chi connectivity index (χ4n) is 2.12. The van der Waals surface area contributed by atoms with Crippen LogP contribution in [0.5, 0.6) is 0 Å². The second-order valence-corrected chi connectivity index (χ2v) is 4.81. The molecule has 7 nitrogen and oxygen atoms in total. The molecule has 0 saturated carbocycles. The van der Waals surface area contributed by atoms with Gasteiger partial charge in [-0.05, 0) is 24.3 Å². The third kappa shape index (κ3) is 3.69. The molecule has 1 N–H and O–H groups in total. The Hall–Kier alpha value is -2.70. The quantitative estimate of drug-likeness (QED) is 0.646. The molecule has 0 aliphatic carbocycles. The average Bonchev–Trinajstić information content (AvgIpc) is 2.84. The number of hydrogen-bond acceptors (Lipinski definition) is 5. The molecule has 3 amide bonds. The van der Waals surface area contributed by atoms with Crippen molar-refractivity contribution in [1.29, 1.82) is 0 Å². The molecular weight excluding hydrogens is 288 g/mol. The number of rotatable bonds is 5. The van der Waals surface area contributed by atoms with Crippen LogP contribution in [0.2, 0.25) is 0 Å². The maximum atomic E-state index is 11.8. The van der Waals surface area contributed by atoms with Crippen LogP contribution in [0.15, 0.2) is 24.3 Å². The molecule has 1 heterocycles. The van der Waals surface area contributed by atoms with E-state index in [0.717, 1.165) is 4.90 Å². The van der Waals surface area contributed by atoms with E-state index in [-0.39, 0.29) is 43.5 Å². The maximum absolute atomic E-state index is 11.8. The van der Waals surface area contributed by atoms with Crippen LogP contribution in [0.4, 0.5) is 5.69 Å². The van der Waals surface area contributed by atoms with Gasteiger partial charge in [0.2, 0.25) is 17.7 Å². The molecule has 0 spiro atoms. The monoisotopic (exact) mass is 304 g/mol. The Morgan fingerprint density at radius 2 is 1.73 bits per heavy atom. The summed E-state index contributed by atoms with van der Waals surface area (Å²) in [7, 11) is 1.29. The molecule has 1 aromatic rings. The summed E-state index contributed by atoms with van der Waals surface area (Å²) in [6, 6.07) is 6.23. The van der Waals surface area contributed by atoms with Crippen molar-refractivity contribution in [3.05, 3.63) is 29.8 Å². The fourth-order valence-corrected chi connectivity index (χ4v) is 2.12. The van der Waals surface area contributed by atoms with Gasteiger partial charge < -0.3 is 10.1 Å². The molecule has 1 aromatic carbocycles. The number of anilines is 1. The highest BCUT2D eigenvalue weighted by Gasteiger charge is 2.28. The molecule has 116 valence electrons. The van der Waals surface area contributed by atoms with Crippen LogP contribution in [-0.4, -0.2) is 42.2 Å². The highest BCUT2D eigenvalue weighted by Crippen LogP contribution is 2.13. The highest BCUT2D eigenvalue weighted by molar-refractivity contribution is 6.02. The SMILES string of the molecule is COC(=O)c1ccc(NC(=O)CCN2C(=O)CCC2=O)cc1. The Bertz CT molecular complexity index is 593. The molecule has 0 atom stereocenters. The first-order valence-corrected chi connectivity index (χ1v) is 6.82. The molecule has 1 saturated heterocycles. The van der Waals surface area contributed by atoms with E-state index in [9.17, 15) is 19.2 Å². The van der Waals surface area contributed by atoms with E-state index in [2.05, 4.69) is 10.1 Å². The third-order valence-electron chi connectivity index (χ3n) is 3.31. The van der Waals surface area contributed by atoms with Crippen molar-refractivity contribution in [2.75, 3.05) is 19.0 Å². The molecule has 7 heteroatoms. The largest absolute Gasteiger partial charge is 0.465 e. The predicted molar refractivity (Wildman–Crippen MR) is 77.0 cm³/mol. The standard InChI is InChI=1S/C15H16N2O5/c1-22-15(21)10-2-4-11(5-3-10)16-12(18)8-9-17-13(19)6-7-14(17)20/h2-5H,6-9H2,1H3,(H,16,18). The number of esters is 1. The van der Waals surface area contributed by atoms with E-state index >= 15 is 0 Å². The summed E-state index contributed by atoms with van der Waals surface area (Å²) in [4.78, 5) is 47.0. The lowest BCUT2D eigenvalue weighted by molar-refractivity contribution is -0.138. The van der Waals surface area contributed by atoms with E-state index < -0.39 is 5.97 Å². The zero-order chi connectivity index (χ0) is 16.1. The van der Waals surface area contributed by atoms with E-state index in [0.29, 0.717) is 11.3 Å². The van der Waals surface area contributed by atoms with Gasteiger partial charge in [-0.25, -0.2) is 4.79 Å². The summed E-state index contributed by atoms with van der Waals surface area (Å²) < 4.78 is 4.58. The number of nitrogens with zero attached hydrogens (tertiary/aromatic N) is 1. The lowest BCUT2D eigenvalue weighted by atomic mass is 10.2. The number of carbonyl (C=O) groups excluding carboxylic acids is 4. The Morgan fingerprint density at radius 1 is 1.14 bits per heavy atom. The van der Waals surface area contributed by atoms with Crippen molar-refractivity contribution < 1.29 is 23.9 Å². The van der Waals surface area contributed by atoms with Gasteiger partial charge in [-0.2, -0.15) is 0 Å². The van der Waals surface area contributed by atoms with Crippen LogP contribution >= 0.6 is 0 Å². The minimum absolute atomic E-state index is 0.0379. The van der Waals surface area contributed by atoms with Crippen LogP contribution < -0.4 is 5.32 Å². The smallest absolute Gasteiger partial charge is 0.337 e. The second kappa shape index (κ2) is 6.84. The van der Waals surface area contributed by atoms with Crippen molar-refractivity contribution in [2.24, 2.45) is 0 Å². The third-order valence-corrected chi connectivity index (χ3v) is 3.31. The minimum Gasteiger partial charge on any atom is -0.465 e. The van der Waals surface area contributed by atoms with Crippen LogP contribution in [0.1, 0.15) is 29.6 Å². The summed E-state index contributed by atoms with van der Waals surface area (Å²) in [6.07, 6.45) is 0.473. The van der Waals surface area contributed by atoms with E-state index in [4.69, 9.17) is 0 Å².